The lowest BCUT2D eigenvalue weighted by atomic mass is 10.2. The van der Waals surface area contributed by atoms with E-state index in [2.05, 4.69) is 0 Å². The summed E-state index contributed by atoms with van der Waals surface area (Å²) in [5.74, 6) is 0.949. The van der Waals surface area contributed by atoms with Crippen LogP contribution in [0, 0.1) is 0 Å². The van der Waals surface area contributed by atoms with Crippen LogP contribution in [0.15, 0.2) is 97.1 Å². The number of carbonyl (C=O) groups is 2. The highest BCUT2D eigenvalue weighted by Crippen LogP contribution is 2.31. The van der Waals surface area contributed by atoms with Gasteiger partial charge in [-0.2, -0.15) is 0 Å². The van der Waals surface area contributed by atoms with Gasteiger partial charge in [-0.15, -0.1) is 0 Å². The quantitative estimate of drug-likeness (QED) is 0.0730. The van der Waals surface area contributed by atoms with Gasteiger partial charge in [0.2, 0.25) is 0 Å². The molecule has 0 aliphatic heterocycles. The molecule has 4 rings (SSSR count). The predicted octanol–water partition coefficient (Wildman–Crippen LogP) is 5.93. The van der Waals surface area contributed by atoms with Crippen molar-refractivity contribution >= 4 is 11.9 Å². The van der Waals surface area contributed by atoms with Crippen LogP contribution >= 0.6 is 0 Å². The zero-order valence-corrected chi connectivity index (χ0v) is 27.8. The van der Waals surface area contributed by atoms with Gasteiger partial charge in [0, 0.05) is 0 Å². The van der Waals surface area contributed by atoms with Crippen LogP contribution in [0.1, 0.15) is 31.8 Å². The number of hydrogen-bond donors (Lipinski definition) is 0. The van der Waals surface area contributed by atoms with Crippen molar-refractivity contribution in [2.45, 2.75) is 13.2 Å². The molecule has 0 saturated heterocycles. The highest BCUT2D eigenvalue weighted by molar-refractivity contribution is 5.90. The van der Waals surface area contributed by atoms with E-state index >= 15 is 0 Å². The standard InChI is InChI=1S/C38H42O11/c1-41-37(39)31-14-16-34(48-27-29-9-5-3-6-10-29)35(25-31)47-24-22-45-20-18-43-17-19-44-21-23-46-33-15-13-32(38(40)42-2)26-36(33)49-28-30-11-7-4-8-12-30/h3-16,25-26H,17-24,27-28H2,1-2H3. The molecule has 0 fully saturated rings. The summed E-state index contributed by atoms with van der Waals surface area (Å²) in [4.78, 5) is 24.0. The molecule has 0 aliphatic rings. The Morgan fingerprint density at radius 1 is 0.429 bits per heavy atom. The number of ether oxygens (including phenoxy) is 9. The van der Waals surface area contributed by atoms with E-state index in [0.29, 0.717) is 87.0 Å². The number of rotatable bonds is 22. The minimum absolute atomic E-state index is 0.250. The number of methoxy groups -OCH3 is 2. The van der Waals surface area contributed by atoms with E-state index in [1.165, 1.54) is 14.2 Å². The van der Waals surface area contributed by atoms with Crippen LogP contribution < -0.4 is 18.9 Å². The molecule has 0 spiro atoms. The zero-order chi connectivity index (χ0) is 34.5. The number of hydrogen-bond acceptors (Lipinski definition) is 11. The first kappa shape index (κ1) is 36.7. The van der Waals surface area contributed by atoms with E-state index in [-0.39, 0.29) is 13.2 Å². The molecule has 0 amide bonds. The Labute approximate surface area is 286 Å². The molecule has 0 unspecified atom stereocenters. The molecule has 0 bridgehead atoms. The molecule has 0 aliphatic carbocycles. The van der Waals surface area contributed by atoms with E-state index in [9.17, 15) is 9.59 Å². The molecule has 4 aromatic carbocycles. The molecule has 0 N–H and O–H groups in total. The zero-order valence-electron chi connectivity index (χ0n) is 27.8. The van der Waals surface area contributed by atoms with Gasteiger partial charge < -0.3 is 42.6 Å². The Balaban J connectivity index is 1.09. The molecule has 0 heterocycles. The molecule has 0 saturated carbocycles. The molecular weight excluding hydrogens is 632 g/mol. The summed E-state index contributed by atoms with van der Waals surface area (Å²) in [7, 11) is 2.66. The van der Waals surface area contributed by atoms with Gasteiger partial charge in [-0.3, -0.25) is 0 Å². The molecule has 4 aromatic rings. The largest absolute Gasteiger partial charge is 0.487 e. The molecule has 11 nitrogen and oxygen atoms in total. The van der Waals surface area contributed by atoms with Gasteiger partial charge in [-0.05, 0) is 47.5 Å². The first-order chi connectivity index (χ1) is 24.1. The second-order valence-corrected chi connectivity index (χ2v) is 10.4. The molecule has 0 atom stereocenters. The van der Waals surface area contributed by atoms with Crippen LogP contribution in [0.4, 0.5) is 0 Å². The van der Waals surface area contributed by atoms with E-state index in [0.717, 1.165) is 11.1 Å². The Kier molecular flexibility index (Phi) is 15.7. The highest BCUT2D eigenvalue weighted by atomic mass is 16.6. The second-order valence-electron chi connectivity index (χ2n) is 10.4. The Bertz CT molecular complexity index is 1560. The summed E-state index contributed by atoms with van der Waals surface area (Å²) in [6, 6.07) is 29.3. The van der Waals surface area contributed by atoms with Gasteiger partial charge in [-0.25, -0.2) is 9.59 Å². The van der Waals surface area contributed by atoms with Crippen LogP contribution in [-0.2, 0) is 36.9 Å². The first-order valence-corrected chi connectivity index (χ1v) is 15.8. The third-order valence-corrected chi connectivity index (χ3v) is 6.92. The SMILES string of the molecule is COC(=O)c1ccc(OCc2ccccc2)c(OCCOCCOCCOCCOc2ccc(C(=O)OC)cc2OCc2ccccc2)c1. The van der Waals surface area contributed by atoms with Crippen LogP contribution in [0.5, 0.6) is 23.0 Å². The second kappa shape index (κ2) is 21.0. The van der Waals surface area contributed by atoms with Gasteiger partial charge in [0.15, 0.2) is 23.0 Å². The van der Waals surface area contributed by atoms with Gasteiger partial charge in [0.25, 0.3) is 0 Å². The smallest absolute Gasteiger partial charge is 0.337 e. The van der Waals surface area contributed by atoms with E-state index in [1.807, 2.05) is 60.7 Å². The molecule has 11 heteroatoms. The molecule has 0 aromatic heterocycles. The van der Waals surface area contributed by atoms with Crippen molar-refractivity contribution in [1.29, 1.82) is 0 Å². The summed E-state index contributed by atoms with van der Waals surface area (Å²) in [6.07, 6.45) is 0. The topological polar surface area (TPSA) is 117 Å². The average Bonchev–Trinajstić information content (AvgIpc) is 3.15. The van der Waals surface area contributed by atoms with Crippen molar-refractivity contribution in [3.05, 3.63) is 119 Å². The summed E-state index contributed by atoms with van der Waals surface area (Å²) in [5.41, 5.74) is 2.72. The van der Waals surface area contributed by atoms with Crippen LogP contribution in [0.25, 0.3) is 0 Å². The van der Waals surface area contributed by atoms with Crippen molar-refractivity contribution in [1.82, 2.24) is 0 Å². The fourth-order valence-electron chi connectivity index (χ4n) is 4.40. The lowest BCUT2D eigenvalue weighted by Gasteiger charge is -2.14. The van der Waals surface area contributed by atoms with Crippen LogP contribution in [-0.4, -0.2) is 79.0 Å². The number of esters is 2. The van der Waals surface area contributed by atoms with E-state index in [4.69, 9.17) is 42.6 Å². The van der Waals surface area contributed by atoms with Crippen molar-refractivity contribution in [3.63, 3.8) is 0 Å². The fourth-order valence-corrected chi connectivity index (χ4v) is 4.40. The molecular formula is C38H42O11. The number of carbonyl (C=O) groups excluding carboxylic acids is 2. The molecule has 260 valence electrons. The van der Waals surface area contributed by atoms with Crippen molar-refractivity contribution < 1.29 is 52.2 Å². The Morgan fingerprint density at radius 2 is 0.796 bits per heavy atom. The van der Waals surface area contributed by atoms with Crippen molar-refractivity contribution in [3.8, 4) is 23.0 Å². The summed E-state index contributed by atoms with van der Waals surface area (Å²) in [6.45, 7) is 3.40. The van der Waals surface area contributed by atoms with Gasteiger partial charge in [-0.1, -0.05) is 60.7 Å². The third-order valence-electron chi connectivity index (χ3n) is 6.92. The lowest BCUT2D eigenvalue weighted by Crippen LogP contribution is -2.14. The van der Waals surface area contributed by atoms with Gasteiger partial charge >= 0.3 is 11.9 Å². The molecule has 0 radical (unpaired) electrons. The van der Waals surface area contributed by atoms with Crippen LogP contribution in [0.3, 0.4) is 0 Å². The van der Waals surface area contributed by atoms with Crippen molar-refractivity contribution in [2.24, 2.45) is 0 Å². The predicted molar refractivity (Wildman–Crippen MR) is 181 cm³/mol. The monoisotopic (exact) mass is 674 g/mol. The molecule has 49 heavy (non-hydrogen) atoms. The summed E-state index contributed by atoms with van der Waals surface area (Å²) < 4.78 is 50.1. The van der Waals surface area contributed by atoms with E-state index < -0.39 is 11.9 Å². The normalized spacial score (nSPS) is 10.7. The fraction of sp³-hybridized carbons (Fsp3) is 0.316. The number of benzene rings is 4. The minimum Gasteiger partial charge on any atom is -0.487 e. The first-order valence-electron chi connectivity index (χ1n) is 15.8. The van der Waals surface area contributed by atoms with E-state index in [1.54, 1.807) is 36.4 Å². The van der Waals surface area contributed by atoms with Crippen molar-refractivity contribution in [2.75, 3.05) is 67.1 Å². The third kappa shape index (κ3) is 12.8. The van der Waals surface area contributed by atoms with Gasteiger partial charge in [0.1, 0.15) is 26.4 Å². The Hall–Kier alpha value is -5.10. The maximum atomic E-state index is 12.0. The summed E-state index contributed by atoms with van der Waals surface area (Å²) in [5, 5.41) is 0. The summed E-state index contributed by atoms with van der Waals surface area (Å²) >= 11 is 0. The lowest BCUT2D eigenvalue weighted by molar-refractivity contribution is 0.00471. The van der Waals surface area contributed by atoms with Gasteiger partial charge in [0.05, 0.1) is 65.0 Å². The minimum atomic E-state index is -0.464. The Morgan fingerprint density at radius 3 is 1.24 bits per heavy atom. The van der Waals surface area contributed by atoms with Crippen LogP contribution in [0.2, 0.25) is 0 Å². The maximum Gasteiger partial charge on any atom is 0.337 e. The maximum absolute atomic E-state index is 12.0. The average molecular weight is 675 g/mol. The highest BCUT2D eigenvalue weighted by Gasteiger charge is 2.14.